The number of carbonyl (C=O) groups is 1. The summed E-state index contributed by atoms with van der Waals surface area (Å²) < 4.78 is 7.22. The number of carbonyl (C=O) groups excluding carboxylic acids is 1. The Bertz CT molecular complexity index is 686. The summed E-state index contributed by atoms with van der Waals surface area (Å²) >= 11 is 0. The van der Waals surface area contributed by atoms with Crippen molar-refractivity contribution in [3.05, 3.63) is 23.3 Å². The number of hydrogen-bond acceptors (Lipinski definition) is 5. The molecule has 0 aliphatic heterocycles. The first-order chi connectivity index (χ1) is 10.1. The van der Waals surface area contributed by atoms with E-state index in [0.717, 1.165) is 37.1 Å². The van der Waals surface area contributed by atoms with Gasteiger partial charge >= 0.3 is 5.97 Å². The molecule has 112 valence electrons. The first kappa shape index (κ1) is 14.0. The first-order valence-electron chi connectivity index (χ1n) is 7.45. The topological polar surface area (TPSA) is 69.4 Å². The van der Waals surface area contributed by atoms with Crippen LogP contribution in [0.15, 0.2) is 6.07 Å². The van der Waals surface area contributed by atoms with Crippen LogP contribution in [0.3, 0.4) is 0 Å². The zero-order chi connectivity index (χ0) is 15.0. The van der Waals surface area contributed by atoms with Crippen LogP contribution in [0.2, 0.25) is 0 Å². The van der Waals surface area contributed by atoms with Crippen LogP contribution >= 0.6 is 0 Å². The summed E-state index contributed by atoms with van der Waals surface area (Å²) in [5.41, 5.74) is 1.22. The summed E-state index contributed by atoms with van der Waals surface area (Å²) in [6, 6.07) is 1.98. The summed E-state index contributed by atoms with van der Waals surface area (Å²) in [5, 5.41) is 8.47. The Morgan fingerprint density at radius 2 is 2.05 bits per heavy atom. The summed E-state index contributed by atoms with van der Waals surface area (Å²) in [6.07, 6.45) is 3.54. The largest absolute Gasteiger partial charge is 0.465 e. The summed E-state index contributed by atoms with van der Waals surface area (Å²) in [6.45, 7) is 6.13. The Hall–Kier alpha value is -1.98. The molecule has 0 N–H and O–H groups in total. The third-order valence-corrected chi connectivity index (χ3v) is 4.24. The Kier molecular flexibility index (Phi) is 3.39. The molecule has 0 amide bonds. The number of ether oxygens (including phenoxy) is 1. The first-order valence-corrected chi connectivity index (χ1v) is 7.45. The quantitative estimate of drug-likeness (QED) is 0.809. The maximum Gasteiger partial charge on any atom is 0.319 e. The number of nitrogens with zero attached hydrogens (tertiary/aromatic N) is 4. The molecule has 0 spiro atoms. The minimum atomic E-state index is -0.670. The van der Waals surface area contributed by atoms with Gasteiger partial charge in [0.2, 0.25) is 0 Å². The van der Waals surface area contributed by atoms with Gasteiger partial charge in [0.15, 0.2) is 5.82 Å². The molecule has 6 nitrogen and oxygen atoms in total. The third-order valence-electron chi connectivity index (χ3n) is 4.24. The normalized spacial score (nSPS) is 17.3. The zero-order valence-electron chi connectivity index (χ0n) is 12.7. The van der Waals surface area contributed by atoms with Crippen molar-refractivity contribution in [2.24, 2.45) is 0 Å². The lowest BCUT2D eigenvalue weighted by Gasteiger charge is -2.24. The van der Waals surface area contributed by atoms with Crippen molar-refractivity contribution in [1.82, 2.24) is 19.6 Å². The summed E-state index contributed by atoms with van der Waals surface area (Å²) in [4.78, 5) is 17.0. The molecule has 1 fully saturated rings. The highest BCUT2D eigenvalue weighted by atomic mass is 16.5. The highest BCUT2D eigenvalue weighted by molar-refractivity contribution is 5.82. The second-order valence-electron chi connectivity index (χ2n) is 5.71. The second-order valence-corrected chi connectivity index (χ2v) is 5.71. The van der Waals surface area contributed by atoms with E-state index < -0.39 is 5.41 Å². The molecule has 6 heteroatoms. The van der Waals surface area contributed by atoms with Crippen LogP contribution in [0.25, 0.3) is 5.78 Å². The van der Waals surface area contributed by atoms with E-state index in [1.807, 2.05) is 31.2 Å². The predicted molar refractivity (Wildman–Crippen MR) is 77.0 cm³/mol. The van der Waals surface area contributed by atoms with Gasteiger partial charge in [0, 0.05) is 11.4 Å². The molecule has 0 radical (unpaired) electrons. The number of hydrogen-bond donors (Lipinski definition) is 0. The molecule has 1 aliphatic rings. The Morgan fingerprint density at radius 3 is 2.71 bits per heavy atom. The number of aromatic nitrogens is 4. The van der Waals surface area contributed by atoms with Gasteiger partial charge in [0.1, 0.15) is 5.41 Å². The van der Waals surface area contributed by atoms with E-state index in [1.165, 1.54) is 0 Å². The minimum Gasteiger partial charge on any atom is -0.465 e. The summed E-state index contributed by atoms with van der Waals surface area (Å²) in [7, 11) is 0. The van der Waals surface area contributed by atoms with Crippen molar-refractivity contribution in [1.29, 1.82) is 0 Å². The third kappa shape index (κ3) is 2.09. The van der Waals surface area contributed by atoms with Gasteiger partial charge < -0.3 is 4.74 Å². The molecule has 21 heavy (non-hydrogen) atoms. The lowest BCUT2D eigenvalue weighted by Crippen LogP contribution is -2.37. The van der Waals surface area contributed by atoms with Gasteiger partial charge in [-0.1, -0.05) is 12.8 Å². The lowest BCUT2D eigenvalue weighted by atomic mass is 9.85. The van der Waals surface area contributed by atoms with E-state index in [0.29, 0.717) is 18.2 Å². The number of aryl methyl sites for hydroxylation is 2. The SMILES string of the molecule is CCOC(=O)C1(c2nnc3nc(C)cc(C)n23)CCCC1. The number of fused-ring (bicyclic) bond motifs is 1. The minimum absolute atomic E-state index is 0.184. The van der Waals surface area contributed by atoms with E-state index in [1.54, 1.807) is 0 Å². The molecule has 2 aromatic heterocycles. The van der Waals surface area contributed by atoms with Crippen molar-refractivity contribution >= 4 is 11.7 Å². The molecule has 2 heterocycles. The van der Waals surface area contributed by atoms with Gasteiger partial charge in [-0.15, -0.1) is 10.2 Å². The van der Waals surface area contributed by atoms with E-state index in [-0.39, 0.29) is 5.97 Å². The van der Waals surface area contributed by atoms with Crippen molar-refractivity contribution in [3.8, 4) is 0 Å². The molecule has 1 saturated carbocycles. The van der Waals surface area contributed by atoms with Crippen molar-refractivity contribution in [2.45, 2.75) is 51.9 Å². The van der Waals surface area contributed by atoms with Crippen LogP contribution in [0, 0.1) is 13.8 Å². The predicted octanol–water partition coefficient (Wildman–Crippen LogP) is 2.12. The van der Waals surface area contributed by atoms with E-state index in [2.05, 4.69) is 15.2 Å². The van der Waals surface area contributed by atoms with Gasteiger partial charge in [-0.05, 0) is 39.7 Å². The molecule has 2 aromatic rings. The van der Waals surface area contributed by atoms with Gasteiger partial charge in [0.25, 0.3) is 5.78 Å². The molecule has 0 aromatic carbocycles. The van der Waals surface area contributed by atoms with Gasteiger partial charge in [0.05, 0.1) is 6.61 Å². The molecule has 3 rings (SSSR count). The highest BCUT2D eigenvalue weighted by Crippen LogP contribution is 2.41. The molecule has 1 aliphatic carbocycles. The van der Waals surface area contributed by atoms with Crippen LogP contribution in [0.1, 0.15) is 49.8 Å². The van der Waals surface area contributed by atoms with Crippen LogP contribution < -0.4 is 0 Å². The van der Waals surface area contributed by atoms with Gasteiger partial charge in [-0.2, -0.15) is 0 Å². The Morgan fingerprint density at radius 1 is 1.33 bits per heavy atom. The van der Waals surface area contributed by atoms with Crippen molar-refractivity contribution < 1.29 is 9.53 Å². The molecule has 0 atom stereocenters. The average molecular weight is 288 g/mol. The lowest BCUT2D eigenvalue weighted by molar-refractivity contribution is -0.150. The number of rotatable bonds is 3. The second kappa shape index (κ2) is 5.09. The van der Waals surface area contributed by atoms with Crippen LogP contribution in [0.5, 0.6) is 0 Å². The summed E-state index contributed by atoms with van der Waals surface area (Å²) in [5.74, 6) is 1.05. The van der Waals surface area contributed by atoms with Gasteiger partial charge in [-0.25, -0.2) is 4.98 Å². The van der Waals surface area contributed by atoms with Crippen molar-refractivity contribution in [3.63, 3.8) is 0 Å². The van der Waals surface area contributed by atoms with Crippen LogP contribution in [-0.4, -0.2) is 32.2 Å². The average Bonchev–Trinajstić information content (AvgIpc) is 3.05. The maximum atomic E-state index is 12.6. The fraction of sp³-hybridized carbons (Fsp3) is 0.600. The zero-order valence-corrected chi connectivity index (χ0v) is 12.7. The van der Waals surface area contributed by atoms with Gasteiger partial charge in [-0.3, -0.25) is 9.20 Å². The highest BCUT2D eigenvalue weighted by Gasteiger charge is 2.48. The van der Waals surface area contributed by atoms with Crippen molar-refractivity contribution in [2.75, 3.05) is 6.61 Å². The van der Waals surface area contributed by atoms with Crippen LogP contribution in [-0.2, 0) is 14.9 Å². The maximum absolute atomic E-state index is 12.6. The van der Waals surface area contributed by atoms with E-state index in [9.17, 15) is 4.79 Å². The monoisotopic (exact) mass is 288 g/mol. The fourth-order valence-corrected chi connectivity index (χ4v) is 3.31. The van der Waals surface area contributed by atoms with Crippen LogP contribution in [0.4, 0.5) is 0 Å². The smallest absolute Gasteiger partial charge is 0.319 e. The molecular formula is C15H20N4O2. The Labute approximate surface area is 123 Å². The molecular weight excluding hydrogens is 268 g/mol. The van der Waals surface area contributed by atoms with E-state index in [4.69, 9.17) is 4.74 Å². The number of esters is 1. The Balaban J connectivity index is 2.19. The fourth-order valence-electron chi connectivity index (χ4n) is 3.31. The standard InChI is InChI=1S/C15H20N4O2/c1-4-21-13(20)15(7-5-6-8-15)12-17-18-14-16-10(2)9-11(3)19(12)14/h9H,4-8H2,1-3H3. The van der Waals surface area contributed by atoms with E-state index >= 15 is 0 Å². The molecule has 0 saturated heterocycles. The molecule has 0 bridgehead atoms. The molecule has 0 unspecified atom stereocenters.